The van der Waals surface area contributed by atoms with Crippen molar-refractivity contribution in [3.8, 4) is 0 Å². The first kappa shape index (κ1) is 24.2. The zero-order valence-electron chi connectivity index (χ0n) is 19.7. The minimum absolute atomic E-state index is 0.0263. The van der Waals surface area contributed by atoms with Gasteiger partial charge in [0, 0.05) is 6.61 Å². The van der Waals surface area contributed by atoms with Gasteiger partial charge in [0.2, 0.25) is 0 Å². The van der Waals surface area contributed by atoms with Crippen LogP contribution in [0.1, 0.15) is 39.2 Å². The fourth-order valence-electron chi connectivity index (χ4n) is 4.29. The van der Waals surface area contributed by atoms with Crippen molar-refractivity contribution in [2.24, 2.45) is 0 Å². The Morgan fingerprint density at radius 3 is 1.78 bits per heavy atom. The lowest BCUT2D eigenvalue weighted by molar-refractivity contribution is 0.108. The van der Waals surface area contributed by atoms with Crippen LogP contribution in [-0.2, 0) is 15.8 Å². The van der Waals surface area contributed by atoms with Gasteiger partial charge in [0.25, 0.3) is 8.32 Å². The van der Waals surface area contributed by atoms with E-state index in [9.17, 15) is 0 Å². The van der Waals surface area contributed by atoms with Crippen LogP contribution in [0.25, 0.3) is 0 Å². The van der Waals surface area contributed by atoms with Crippen molar-refractivity contribution in [3.63, 3.8) is 0 Å². The third-order valence-electron chi connectivity index (χ3n) is 5.90. The molecule has 2 nitrogen and oxygen atoms in total. The van der Waals surface area contributed by atoms with Crippen LogP contribution in [0.3, 0.4) is 0 Å². The van der Waals surface area contributed by atoms with Crippen molar-refractivity contribution in [1.82, 2.24) is 0 Å². The summed E-state index contributed by atoms with van der Waals surface area (Å²) in [6.07, 6.45) is 3.77. The molecule has 0 aliphatic rings. The summed E-state index contributed by atoms with van der Waals surface area (Å²) >= 11 is 0. The summed E-state index contributed by atoms with van der Waals surface area (Å²) < 4.78 is 13.1. The second kappa shape index (κ2) is 11.4. The number of benzene rings is 3. The number of rotatable bonds is 11. The lowest BCUT2D eigenvalue weighted by atomic mass is 10.2. The van der Waals surface area contributed by atoms with Gasteiger partial charge in [0.15, 0.2) is 0 Å². The van der Waals surface area contributed by atoms with E-state index in [1.807, 2.05) is 24.3 Å². The highest BCUT2D eigenvalue weighted by Crippen LogP contribution is 2.38. The minimum Gasteiger partial charge on any atom is -0.401 e. The van der Waals surface area contributed by atoms with Gasteiger partial charge < -0.3 is 9.16 Å². The van der Waals surface area contributed by atoms with E-state index in [1.165, 1.54) is 15.9 Å². The number of ether oxygens (including phenoxy) is 1. The topological polar surface area (TPSA) is 18.5 Å². The largest absolute Gasteiger partial charge is 0.401 e. The predicted molar refractivity (Wildman–Crippen MR) is 138 cm³/mol. The molecular formula is C29H36O2Si. The maximum absolute atomic E-state index is 7.15. The Labute approximate surface area is 195 Å². The molecule has 3 rings (SSSR count). The van der Waals surface area contributed by atoms with Crippen LogP contribution < -0.4 is 10.4 Å². The fourth-order valence-corrected chi connectivity index (χ4v) is 8.98. The summed E-state index contributed by atoms with van der Waals surface area (Å²) in [6, 6.07) is 31.9. The highest BCUT2D eigenvalue weighted by atomic mass is 28.4. The summed E-state index contributed by atoms with van der Waals surface area (Å²) in [6.45, 7) is 12.4. The summed E-state index contributed by atoms with van der Waals surface area (Å²) in [5, 5.41) is 2.55. The Kier molecular flexibility index (Phi) is 8.63. The molecule has 3 aromatic carbocycles. The predicted octanol–water partition coefficient (Wildman–Crippen LogP) is 6.11. The van der Waals surface area contributed by atoms with Crippen LogP contribution in [-0.4, -0.2) is 21.0 Å². The van der Waals surface area contributed by atoms with Crippen LogP contribution in [0.2, 0.25) is 5.04 Å². The van der Waals surface area contributed by atoms with Crippen LogP contribution in [0, 0.1) is 0 Å². The van der Waals surface area contributed by atoms with E-state index in [-0.39, 0.29) is 11.1 Å². The first-order chi connectivity index (χ1) is 15.5. The molecule has 0 fully saturated rings. The molecule has 0 N–H and O–H groups in total. The molecule has 3 heteroatoms. The highest BCUT2D eigenvalue weighted by Gasteiger charge is 2.51. The summed E-state index contributed by atoms with van der Waals surface area (Å²) in [5.41, 5.74) is 1.20. The van der Waals surface area contributed by atoms with Crippen LogP contribution >= 0.6 is 0 Å². The standard InChI is InChI=1S/C29H36O2Si/c1-5-26(18-15-23-30-24-25-16-9-6-10-17-25)31-32(29(2,3)4,27-19-11-7-12-20-27)28-21-13-8-14-22-28/h5-14,16-17,19-22,26H,1,15,18,23-24H2,2-4H3/t26-/m1/s1. The third-order valence-corrected chi connectivity index (χ3v) is 11.0. The van der Waals surface area contributed by atoms with Gasteiger partial charge in [-0.25, -0.2) is 0 Å². The summed E-state index contributed by atoms with van der Waals surface area (Å²) in [5.74, 6) is 0. The quantitative estimate of drug-likeness (QED) is 0.202. The second-order valence-corrected chi connectivity index (χ2v) is 13.5. The van der Waals surface area contributed by atoms with E-state index in [0.717, 1.165) is 12.8 Å². The van der Waals surface area contributed by atoms with E-state index in [2.05, 4.69) is 100 Å². The van der Waals surface area contributed by atoms with Crippen LogP contribution in [0.15, 0.2) is 104 Å². The van der Waals surface area contributed by atoms with Crippen molar-refractivity contribution >= 4 is 18.7 Å². The van der Waals surface area contributed by atoms with Gasteiger partial charge in [-0.2, -0.15) is 0 Å². The van der Waals surface area contributed by atoms with Crippen molar-refractivity contribution in [2.45, 2.75) is 51.4 Å². The highest BCUT2D eigenvalue weighted by molar-refractivity contribution is 6.99. The van der Waals surface area contributed by atoms with E-state index in [1.54, 1.807) is 0 Å². The summed E-state index contributed by atoms with van der Waals surface area (Å²) in [7, 11) is -2.57. The van der Waals surface area contributed by atoms with E-state index >= 15 is 0 Å². The van der Waals surface area contributed by atoms with E-state index < -0.39 is 8.32 Å². The SMILES string of the molecule is C=C[C@H](CCCOCc1ccccc1)O[Si](c1ccccc1)(c1ccccc1)C(C)(C)C. The van der Waals surface area contributed by atoms with Gasteiger partial charge in [-0.15, -0.1) is 6.58 Å². The van der Waals surface area contributed by atoms with Gasteiger partial charge in [0.05, 0.1) is 12.7 Å². The van der Waals surface area contributed by atoms with E-state index in [0.29, 0.717) is 13.2 Å². The fraction of sp³-hybridized carbons (Fsp3) is 0.310. The molecule has 1 atom stereocenters. The maximum atomic E-state index is 7.15. The average Bonchev–Trinajstić information content (AvgIpc) is 2.82. The minimum atomic E-state index is -2.57. The zero-order valence-corrected chi connectivity index (χ0v) is 20.7. The van der Waals surface area contributed by atoms with Crippen molar-refractivity contribution < 1.29 is 9.16 Å². The number of hydrogen-bond donors (Lipinski definition) is 0. The monoisotopic (exact) mass is 444 g/mol. The molecular weight excluding hydrogens is 408 g/mol. The molecule has 0 heterocycles. The molecule has 0 aromatic heterocycles. The Morgan fingerprint density at radius 2 is 1.31 bits per heavy atom. The van der Waals surface area contributed by atoms with Gasteiger partial charge in [-0.05, 0) is 33.8 Å². The molecule has 3 aromatic rings. The lowest BCUT2D eigenvalue weighted by Gasteiger charge is -2.44. The Morgan fingerprint density at radius 1 is 0.812 bits per heavy atom. The second-order valence-electron chi connectivity index (χ2n) is 9.24. The first-order valence-corrected chi connectivity index (χ1v) is 13.4. The van der Waals surface area contributed by atoms with Crippen LogP contribution in [0.5, 0.6) is 0 Å². The average molecular weight is 445 g/mol. The Balaban J connectivity index is 1.76. The molecule has 0 unspecified atom stereocenters. The van der Waals surface area contributed by atoms with Crippen molar-refractivity contribution in [3.05, 3.63) is 109 Å². The van der Waals surface area contributed by atoms with Gasteiger partial charge >= 0.3 is 0 Å². The Hall–Kier alpha value is -2.46. The van der Waals surface area contributed by atoms with Gasteiger partial charge in [-0.1, -0.05) is 118 Å². The molecule has 0 spiro atoms. The molecule has 0 saturated carbocycles. The maximum Gasteiger partial charge on any atom is 0.261 e. The molecule has 0 radical (unpaired) electrons. The lowest BCUT2D eigenvalue weighted by Crippen LogP contribution is -2.67. The molecule has 0 amide bonds. The molecule has 0 bridgehead atoms. The van der Waals surface area contributed by atoms with Crippen LogP contribution in [0.4, 0.5) is 0 Å². The summed E-state index contributed by atoms with van der Waals surface area (Å²) in [4.78, 5) is 0. The van der Waals surface area contributed by atoms with Gasteiger partial charge in [-0.3, -0.25) is 0 Å². The molecule has 0 aliphatic carbocycles. The first-order valence-electron chi connectivity index (χ1n) is 11.5. The Bertz CT molecular complexity index is 894. The molecule has 32 heavy (non-hydrogen) atoms. The third kappa shape index (κ3) is 5.86. The number of hydrogen-bond acceptors (Lipinski definition) is 2. The van der Waals surface area contributed by atoms with Crippen molar-refractivity contribution in [1.29, 1.82) is 0 Å². The molecule has 0 aliphatic heterocycles. The van der Waals surface area contributed by atoms with Crippen molar-refractivity contribution in [2.75, 3.05) is 6.61 Å². The normalized spacial score (nSPS) is 13.0. The smallest absolute Gasteiger partial charge is 0.261 e. The molecule has 168 valence electrons. The molecule has 0 saturated heterocycles. The van der Waals surface area contributed by atoms with E-state index in [4.69, 9.17) is 9.16 Å². The van der Waals surface area contributed by atoms with Gasteiger partial charge in [0.1, 0.15) is 0 Å². The zero-order chi connectivity index (χ0) is 22.9.